The average molecular weight is 166 g/mol. The van der Waals surface area contributed by atoms with Crippen molar-refractivity contribution in [3.63, 3.8) is 0 Å². The molecule has 0 aliphatic rings. The fourth-order valence-electron chi connectivity index (χ4n) is 0.751. The number of nitro groups is 1. The Bertz CT molecular complexity index is 301. The lowest BCUT2D eigenvalue weighted by Gasteiger charge is -1.94. The lowest BCUT2D eigenvalue weighted by Crippen LogP contribution is -2.01. The van der Waals surface area contributed by atoms with E-state index in [1.165, 1.54) is 12.1 Å². The van der Waals surface area contributed by atoms with Crippen LogP contribution in [0.3, 0.4) is 0 Å². The van der Waals surface area contributed by atoms with Crippen LogP contribution in [0.4, 0.5) is 5.69 Å². The van der Waals surface area contributed by atoms with Crippen LogP contribution in [0, 0.1) is 16.2 Å². The summed E-state index contributed by atoms with van der Waals surface area (Å²) in [6, 6.07) is 6.08. The molecule has 0 unspecified atom stereocenters. The van der Waals surface area contributed by atoms with Crippen LogP contribution in [-0.4, -0.2) is 16.0 Å². The highest BCUT2D eigenvalue weighted by molar-refractivity contribution is 5.91. The lowest BCUT2D eigenvalue weighted by molar-refractivity contribution is -0.385. The lowest BCUT2D eigenvalue weighted by atomic mass is 10.2. The average Bonchev–Trinajstić information content (AvgIpc) is 2.04. The smallest absolute Gasteiger partial charge is 0.343 e. The second-order valence-corrected chi connectivity index (χ2v) is 1.99. The van der Waals surface area contributed by atoms with Gasteiger partial charge in [-0.1, -0.05) is 12.1 Å². The Hall–Kier alpha value is -1.91. The van der Waals surface area contributed by atoms with Gasteiger partial charge in [-0.15, -0.1) is 0 Å². The summed E-state index contributed by atoms with van der Waals surface area (Å²) in [6.45, 7) is 0. The second-order valence-electron chi connectivity index (χ2n) is 1.99. The third-order valence-corrected chi connectivity index (χ3v) is 1.24. The van der Waals surface area contributed by atoms with Crippen LogP contribution in [-0.2, 0) is 0 Å². The third-order valence-electron chi connectivity index (χ3n) is 1.24. The van der Waals surface area contributed by atoms with Gasteiger partial charge in [0.1, 0.15) is 5.56 Å². The molecule has 0 saturated heterocycles. The number of carboxylic acids is 1. The van der Waals surface area contributed by atoms with Gasteiger partial charge in [-0.05, 0) is 0 Å². The molecule has 5 nitrogen and oxygen atoms in total. The molecule has 0 aromatic heterocycles. The molecule has 5 heteroatoms. The van der Waals surface area contributed by atoms with Gasteiger partial charge in [-0.25, -0.2) is 4.79 Å². The fraction of sp³-hybridized carbons (Fsp3) is 0. The minimum Gasteiger partial charge on any atom is -0.477 e. The van der Waals surface area contributed by atoms with Gasteiger partial charge in [0.15, 0.2) is 0 Å². The monoisotopic (exact) mass is 166 g/mol. The molecular formula is C7H4NO4. The Morgan fingerprint density at radius 1 is 1.67 bits per heavy atom. The summed E-state index contributed by atoms with van der Waals surface area (Å²) in [5.74, 6) is -1.35. The first-order chi connectivity index (χ1) is 5.63. The summed E-state index contributed by atoms with van der Waals surface area (Å²) in [5.41, 5.74) is -0.854. The molecule has 1 N–H and O–H groups in total. The van der Waals surface area contributed by atoms with Crippen molar-refractivity contribution < 1.29 is 14.8 Å². The summed E-state index contributed by atoms with van der Waals surface area (Å²) < 4.78 is 0. The fourth-order valence-corrected chi connectivity index (χ4v) is 0.751. The molecule has 61 valence electrons. The first-order valence-electron chi connectivity index (χ1n) is 3.01. The van der Waals surface area contributed by atoms with Crippen LogP contribution >= 0.6 is 0 Å². The van der Waals surface area contributed by atoms with Gasteiger partial charge in [0.05, 0.1) is 4.92 Å². The topological polar surface area (TPSA) is 80.4 Å². The van der Waals surface area contributed by atoms with E-state index in [2.05, 4.69) is 6.07 Å². The first-order valence-corrected chi connectivity index (χ1v) is 3.01. The summed E-state index contributed by atoms with van der Waals surface area (Å²) in [7, 11) is 0. The van der Waals surface area contributed by atoms with Gasteiger partial charge < -0.3 is 5.11 Å². The van der Waals surface area contributed by atoms with Gasteiger partial charge in [-0.2, -0.15) is 0 Å². The van der Waals surface area contributed by atoms with Gasteiger partial charge in [-0.3, -0.25) is 10.1 Å². The summed E-state index contributed by atoms with van der Waals surface area (Å²) >= 11 is 0. The van der Waals surface area contributed by atoms with E-state index in [4.69, 9.17) is 5.11 Å². The molecule has 0 atom stereocenters. The van der Waals surface area contributed by atoms with Crippen molar-refractivity contribution >= 4 is 11.7 Å². The van der Waals surface area contributed by atoms with Gasteiger partial charge in [0.2, 0.25) is 0 Å². The highest BCUT2D eigenvalue weighted by atomic mass is 16.6. The van der Waals surface area contributed by atoms with Crippen molar-refractivity contribution in [1.29, 1.82) is 0 Å². The predicted octanol–water partition coefficient (Wildman–Crippen LogP) is 1.09. The van der Waals surface area contributed by atoms with Crippen LogP contribution in [0.5, 0.6) is 0 Å². The molecule has 0 spiro atoms. The Kier molecular flexibility index (Phi) is 2.05. The van der Waals surface area contributed by atoms with Crippen molar-refractivity contribution in [2.45, 2.75) is 0 Å². The van der Waals surface area contributed by atoms with Crippen LogP contribution < -0.4 is 0 Å². The van der Waals surface area contributed by atoms with E-state index in [9.17, 15) is 14.9 Å². The number of rotatable bonds is 2. The minimum atomic E-state index is -1.35. The Morgan fingerprint density at radius 3 is 2.75 bits per heavy atom. The molecule has 0 amide bonds. The molecule has 0 aliphatic heterocycles. The highest BCUT2D eigenvalue weighted by Gasteiger charge is 2.17. The number of carbonyl (C=O) groups is 1. The molecule has 0 bridgehead atoms. The predicted molar refractivity (Wildman–Crippen MR) is 38.9 cm³/mol. The number of benzene rings is 1. The van der Waals surface area contributed by atoms with E-state index in [0.717, 1.165) is 6.07 Å². The Labute approximate surface area is 67.4 Å². The number of aromatic carboxylic acids is 1. The minimum absolute atomic E-state index is 0.414. The van der Waals surface area contributed by atoms with Crippen LogP contribution in [0.15, 0.2) is 18.2 Å². The maximum atomic E-state index is 10.4. The number of carboxylic acid groups (broad SMARTS) is 1. The normalized spacial score (nSPS) is 9.33. The van der Waals surface area contributed by atoms with Crippen molar-refractivity contribution in [2.24, 2.45) is 0 Å². The zero-order chi connectivity index (χ0) is 9.14. The largest absolute Gasteiger partial charge is 0.477 e. The molecule has 1 radical (unpaired) electrons. The first kappa shape index (κ1) is 8.19. The van der Waals surface area contributed by atoms with Gasteiger partial charge in [0.25, 0.3) is 5.69 Å². The zero-order valence-electron chi connectivity index (χ0n) is 5.85. The number of hydrogen-bond acceptors (Lipinski definition) is 3. The summed E-state index contributed by atoms with van der Waals surface area (Å²) in [4.78, 5) is 19.9. The SMILES string of the molecule is O=C(O)c1[c]cccc1[N+](=O)[O-]. The van der Waals surface area contributed by atoms with Crippen molar-refractivity contribution in [3.05, 3.63) is 39.9 Å². The van der Waals surface area contributed by atoms with Gasteiger partial charge in [0, 0.05) is 12.1 Å². The molecule has 1 aromatic rings. The number of hydrogen-bond donors (Lipinski definition) is 1. The number of nitrogens with zero attached hydrogens (tertiary/aromatic N) is 1. The Balaban J connectivity index is 3.27. The van der Waals surface area contributed by atoms with E-state index in [1.54, 1.807) is 0 Å². The zero-order valence-corrected chi connectivity index (χ0v) is 5.85. The number of nitro benzene ring substituents is 1. The van der Waals surface area contributed by atoms with Crippen molar-refractivity contribution in [1.82, 2.24) is 0 Å². The highest BCUT2D eigenvalue weighted by Crippen LogP contribution is 2.16. The molecule has 1 aromatic carbocycles. The van der Waals surface area contributed by atoms with Crippen molar-refractivity contribution in [2.75, 3.05) is 0 Å². The summed E-state index contributed by atoms with van der Waals surface area (Å²) in [6.07, 6.45) is 0. The molecule has 0 aliphatic carbocycles. The molecule has 1 rings (SSSR count). The van der Waals surface area contributed by atoms with E-state index in [0.29, 0.717) is 0 Å². The molecule has 0 fully saturated rings. The standard InChI is InChI=1S/C7H4NO4/c9-7(10)5-3-1-2-4-6(5)8(11)12/h1-2,4H,(H,9,10). The maximum absolute atomic E-state index is 10.4. The van der Waals surface area contributed by atoms with E-state index in [1.807, 2.05) is 0 Å². The Morgan fingerprint density at radius 2 is 2.33 bits per heavy atom. The van der Waals surface area contributed by atoms with E-state index >= 15 is 0 Å². The quantitative estimate of drug-likeness (QED) is 0.526. The van der Waals surface area contributed by atoms with E-state index < -0.39 is 22.1 Å². The van der Waals surface area contributed by atoms with Crippen molar-refractivity contribution in [3.8, 4) is 0 Å². The second kappa shape index (κ2) is 3.00. The third kappa shape index (κ3) is 1.39. The molecule has 0 saturated carbocycles. The molecule has 0 heterocycles. The van der Waals surface area contributed by atoms with Gasteiger partial charge >= 0.3 is 5.97 Å². The maximum Gasteiger partial charge on any atom is 0.343 e. The summed E-state index contributed by atoms with van der Waals surface area (Å²) in [5, 5.41) is 18.7. The van der Waals surface area contributed by atoms with E-state index in [-0.39, 0.29) is 0 Å². The van der Waals surface area contributed by atoms with Crippen LogP contribution in [0.25, 0.3) is 0 Å². The molecular weight excluding hydrogens is 162 g/mol. The van der Waals surface area contributed by atoms with Crippen LogP contribution in [0.1, 0.15) is 10.4 Å². The molecule has 12 heavy (non-hydrogen) atoms. The van der Waals surface area contributed by atoms with Crippen LogP contribution in [0.2, 0.25) is 0 Å².